The topological polar surface area (TPSA) is 89.6 Å². The van der Waals surface area contributed by atoms with Crippen LogP contribution in [0.1, 0.15) is 37.4 Å². The molecule has 0 spiro atoms. The number of hydrogen-bond acceptors (Lipinski definition) is 8. The fraction of sp³-hybridized carbons (Fsp3) is 0.591. The Morgan fingerprint density at radius 2 is 1.84 bits per heavy atom. The van der Waals surface area contributed by atoms with E-state index in [0.29, 0.717) is 23.2 Å². The molecule has 2 aliphatic heterocycles. The molecule has 10 heteroatoms. The third-order valence-electron chi connectivity index (χ3n) is 6.59. The summed E-state index contributed by atoms with van der Waals surface area (Å²) in [6.45, 7) is 2.33. The zero-order valence-electron chi connectivity index (χ0n) is 17.9. The van der Waals surface area contributed by atoms with E-state index in [1.165, 1.54) is 18.9 Å². The van der Waals surface area contributed by atoms with Crippen LogP contribution in [0, 0.1) is 0 Å². The Labute approximate surface area is 185 Å². The van der Waals surface area contributed by atoms with Gasteiger partial charge in [0.2, 0.25) is 0 Å². The van der Waals surface area contributed by atoms with E-state index in [-0.39, 0.29) is 11.6 Å². The molecule has 5 rings (SSSR count). The van der Waals surface area contributed by atoms with Gasteiger partial charge in [-0.15, -0.1) is 0 Å². The van der Waals surface area contributed by atoms with Gasteiger partial charge in [0.05, 0.1) is 18.9 Å². The van der Waals surface area contributed by atoms with Crippen LogP contribution in [-0.2, 0) is 4.74 Å². The highest BCUT2D eigenvalue weighted by molar-refractivity contribution is 5.67. The number of nitrogen functional groups attached to an aromatic ring is 1. The lowest BCUT2D eigenvalue weighted by molar-refractivity contribution is -0.0494. The Bertz CT molecular complexity index is 944. The molecular weight excluding hydrogens is 418 g/mol. The second-order valence-corrected chi connectivity index (χ2v) is 8.64. The number of nitrogens with zero attached hydrogens (tertiary/aromatic N) is 5. The molecule has 0 atom stereocenters. The van der Waals surface area contributed by atoms with Gasteiger partial charge in [-0.1, -0.05) is 12.8 Å². The predicted octanol–water partition coefficient (Wildman–Crippen LogP) is 2.90. The van der Waals surface area contributed by atoms with E-state index < -0.39 is 6.61 Å². The highest BCUT2D eigenvalue weighted by Crippen LogP contribution is 2.36. The van der Waals surface area contributed by atoms with Crippen LogP contribution in [-0.4, -0.2) is 71.9 Å². The summed E-state index contributed by atoms with van der Waals surface area (Å²) in [5.41, 5.74) is 6.95. The summed E-state index contributed by atoms with van der Waals surface area (Å²) in [7, 11) is 0. The monoisotopic (exact) mass is 446 g/mol. The van der Waals surface area contributed by atoms with E-state index in [1.54, 1.807) is 6.20 Å². The molecule has 0 aromatic carbocycles. The number of nitrogens with two attached hydrogens (primary N) is 1. The van der Waals surface area contributed by atoms with Gasteiger partial charge < -0.3 is 20.1 Å². The molecule has 0 bridgehead atoms. The second kappa shape index (κ2) is 9.11. The summed E-state index contributed by atoms with van der Waals surface area (Å²) in [5, 5.41) is 0. The van der Waals surface area contributed by atoms with Gasteiger partial charge in [-0.3, -0.25) is 4.90 Å². The van der Waals surface area contributed by atoms with Gasteiger partial charge in [-0.2, -0.15) is 8.78 Å². The highest BCUT2D eigenvalue weighted by Gasteiger charge is 2.34. The Hall–Kier alpha value is -2.59. The predicted molar refractivity (Wildman–Crippen MR) is 116 cm³/mol. The molecule has 2 aromatic heterocycles. The van der Waals surface area contributed by atoms with Crippen LogP contribution < -0.4 is 15.4 Å². The largest absolute Gasteiger partial charge is 0.431 e. The van der Waals surface area contributed by atoms with E-state index >= 15 is 0 Å². The Kier molecular flexibility index (Phi) is 6.05. The molecule has 0 radical (unpaired) electrons. The first-order chi connectivity index (χ1) is 15.6. The van der Waals surface area contributed by atoms with Crippen molar-refractivity contribution in [1.82, 2.24) is 19.9 Å². The van der Waals surface area contributed by atoms with Crippen LogP contribution in [0.4, 0.5) is 20.4 Å². The van der Waals surface area contributed by atoms with E-state index in [1.807, 2.05) is 6.07 Å². The van der Waals surface area contributed by atoms with Crippen molar-refractivity contribution in [3.05, 3.63) is 24.2 Å². The average Bonchev–Trinajstić information content (AvgIpc) is 3.30. The van der Waals surface area contributed by atoms with Crippen LogP contribution in [0.5, 0.6) is 5.75 Å². The summed E-state index contributed by atoms with van der Waals surface area (Å²) in [5.74, 6) is 1.79. The summed E-state index contributed by atoms with van der Waals surface area (Å²) < 4.78 is 35.5. The second-order valence-electron chi connectivity index (χ2n) is 8.64. The number of ether oxygens (including phenoxy) is 2. The smallest absolute Gasteiger partial charge is 0.387 e. The van der Waals surface area contributed by atoms with Crippen molar-refractivity contribution in [3.8, 4) is 17.0 Å². The SMILES string of the molecule is Nc1ncc(-c2cc(N3CC(N4CCOCC4)C3)nc(C3CCCC3)n2)cc1OC(F)F. The van der Waals surface area contributed by atoms with Gasteiger partial charge in [0.1, 0.15) is 11.6 Å². The molecule has 2 saturated heterocycles. The van der Waals surface area contributed by atoms with Crippen molar-refractivity contribution in [2.75, 3.05) is 50.0 Å². The van der Waals surface area contributed by atoms with Gasteiger partial charge in [-0.05, 0) is 18.9 Å². The molecule has 2 aromatic rings. The van der Waals surface area contributed by atoms with Crippen molar-refractivity contribution >= 4 is 11.6 Å². The highest BCUT2D eigenvalue weighted by atomic mass is 19.3. The maximum absolute atomic E-state index is 12.8. The van der Waals surface area contributed by atoms with Gasteiger partial charge in [0.15, 0.2) is 11.6 Å². The first-order valence-electron chi connectivity index (χ1n) is 11.2. The van der Waals surface area contributed by atoms with Crippen LogP contribution in [0.15, 0.2) is 18.3 Å². The molecular formula is C22H28F2N6O2. The fourth-order valence-electron chi connectivity index (χ4n) is 4.73. The summed E-state index contributed by atoms with van der Waals surface area (Å²) in [4.78, 5) is 18.5. The third-order valence-corrected chi connectivity index (χ3v) is 6.59. The van der Waals surface area contributed by atoms with Crippen LogP contribution in [0.2, 0.25) is 0 Å². The molecule has 4 heterocycles. The lowest BCUT2D eigenvalue weighted by Crippen LogP contribution is -2.61. The van der Waals surface area contributed by atoms with E-state index in [0.717, 1.165) is 63.9 Å². The Balaban J connectivity index is 1.42. The van der Waals surface area contributed by atoms with Crippen molar-refractivity contribution < 1.29 is 18.3 Å². The zero-order valence-corrected chi connectivity index (χ0v) is 17.9. The minimum atomic E-state index is -2.97. The maximum Gasteiger partial charge on any atom is 0.387 e. The number of rotatable bonds is 6. The number of hydrogen-bond donors (Lipinski definition) is 1. The van der Waals surface area contributed by atoms with Crippen LogP contribution in [0.25, 0.3) is 11.3 Å². The lowest BCUT2D eigenvalue weighted by atomic mass is 10.0. The van der Waals surface area contributed by atoms with E-state index in [4.69, 9.17) is 20.4 Å². The molecule has 1 saturated carbocycles. The quantitative estimate of drug-likeness (QED) is 0.725. The molecule has 0 amide bonds. The van der Waals surface area contributed by atoms with Gasteiger partial charge >= 0.3 is 6.61 Å². The molecule has 32 heavy (non-hydrogen) atoms. The summed E-state index contributed by atoms with van der Waals surface area (Å²) in [6, 6.07) is 3.88. The zero-order chi connectivity index (χ0) is 22.1. The number of anilines is 2. The number of alkyl halides is 2. The van der Waals surface area contributed by atoms with Gasteiger partial charge in [0.25, 0.3) is 0 Å². The Morgan fingerprint density at radius 3 is 2.56 bits per heavy atom. The van der Waals surface area contributed by atoms with E-state index in [2.05, 4.69) is 19.5 Å². The lowest BCUT2D eigenvalue weighted by Gasteiger charge is -2.47. The average molecular weight is 447 g/mol. The standard InChI is InChI=1S/C22H28F2N6O2/c23-22(24)32-18-9-15(11-26-20(18)25)17-10-19(28-21(27-17)14-3-1-2-4-14)30-12-16(13-30)29-5-7-31-8-6-29/h9-11,14,16,22H,1-8,12-13H2,(H2,25,26). The number of halogens is 2. The molecule has 2 N–H and O–H groups in total. The third kappa shape index (κ3) is 4.47. The number of pyridine rings is 1. The van der Waals surface area contributed by atoms with E-state index in [9.17, 15) is 8.78 Å². The maximum atomic E-state index is 12.8. The molecule has 8 nitrogen and oxygen atoms in total. The first kappa shape index (κ1) is 21.3. The molecule has 1 aliphatic carbocycles. The summed E-state index contributed by atoms with van der Waals surface area (Å²) in [6.07, 6.45) is 6.03. The minimum absolute atomic E-state index is 0.0737. The molecule has 0 unspecified atom stereocenters. The molecule has 172 valence electrons. The number of morpholine rings is 1. The summed E-state index contributed by atoms with van der Waals surface area (Å²) >= 11 is 0. The number of aromatic nitrogens is 3. The molecule has 3 aliphatic rings. The fourth-order valence-corrected chi connectivity index (χ4v) is 4.73. The normalized spacial score (nSPS) is 20.7. The minimum Gasteiger partial charge on any atom is -0.431 e. The van der Waals surface area contributed by atoms with Crippen molar-refractivity contribution in [1.29, 1.82) is 0 Å². The van der Waals surface area contributed by atoms with Gasteiger partial charge in [0, 0.05) is 56.0 Å². The first-order valence-corrected chi connectivity index (χ1v) is 11.2. The Morgan fingerprint density at radius 1 is 1.09 bits per heavy atom. The van der Waals surface area contributed by atoms with Gasteiger partial charge in [-0.25, -0.2) is 15.0 Å². The van der Waals surface area contributed by atoms with Crippen LogP contribution >= 0.6 is 0 Å². The van der Waals surface area contributed by atoms with Crippen molar-refractivity contribution in [2.45, 2.75) is 44.3 Å². The molecule has 3 fully saturated rings. The van der Waals surface area contributed by atoms with Crippen molar-refractivity contribution in [3.63, 3.8) is 0 Å². The van der Waals surface area contributed by atoms with Crippen LogP contribution in [0.3, 0.4) is 0 Å². The van der Waals surface area contributed by atoms with Crippen molar-refractivity contribution in [2.24, 2.45) is 0 Å².